The summed E-state index contributed by atoms with van der Waals surface area (Å²) >= 11 is 0. The molecule has 5 atom stereocenters. The molecule has 0 aliphatic carbocycles. The van der Waals surface area contributed by atoms with Gasteiger partial charge in [0.1, 0.15) is 12.2 Å². The molecule has 0 aromatic rings. The molecule has 5 heteroatoms. The number of hydrogen-bond acceptors (Lipinski definition) is 4. The Bertz CT molecular complexity index is 397. The van der Waals surface area contributed by atoms with Gasteiger partial charge in [-0.15, -0.1) is 0 Å². The molecule has 3 aliphatic heterocycles. The van der Waals surface area contributed by atoms with Crippen LogP contribution in [-0.4, -0.2) is 52.6 Å². The molecule has 0 bridgehead atoms. The molecule has 3 saturated heterocycles. The Kier molecular flexibility index (Phi) is 3.55. The summed E-state index contributed by atoms with van der Waals surface area (Å²) in [6.07, 6.45) is 2.73. The van der Waals surface area contributed by atoms with E-state index in [-0.39, 0.29) is 30.1 Å². The Hall–Kier alpha value is -0.650. The second kappa shape index (κ2) is 4.97. The fourth-order valence-electron chi connectivity index (χ4n) is 3.91. The summed E-state index contributed by atoms with van der Waals surface area (Å²) in [6.45, 7) is 6.46. The maximum atomic E-state index is 12.3. The highest BCUT2D eigenvalue weighted by molar-refractivity contribution is 5.78. The van der Waals surface area contributed by atoms with Crippen LogP contribution in [0.25, 0.3) is 0 Å². The van der Waals surface area contributed by atoms with Gasteiger partial charge in [-0.25, -0.2) is 0 Å². The minimum absolute atomic E-state index is 0.0646. The zero-order valence-corrected chi connectivity index (χ0v) is 12.5. The third kappa shape index (κ3) is 2.26. The number of ether oxygens (including phenoxy) is 2. The van der Waals surface area contributed by atoms with E-state index in [1.807, 2.05) is 13.8 Å². The Morgan fingerprint density at radius 1 is 1.40 bits per heavy atom. The van der Waals surface area contributed by atoms with Crippen LogP contribution in [0.1, 0.15) is 46.5 Å². The van der Waals surface area contributed by atoms with Gasteiger partial charge in [-0.1, -0.05) is 19.8 Å². The largest absolute Gasteiger partial charge is 0.391 e. The predicted octanol–water partition coefficient (Wildman–Crippen LogP) is 1.29. The standard InChI is InChI=1S/C15H25NO4/c1-4-5-6-9-7-11(17)16-8-10-14(12(16)13(9)18)20-15(2,3)19-10/h9-10,12-14,18H,4-8H2,1-3H3/t9-,10+,12-,13-,14+/m0/s1. The lowest BCUT2D eigenvalue weighted by atomic mass is 9.83. The van der Waals surface area contributed by atoms with Crippen molar-refractivity contribution in [2.45, 2.75) is 76.6 Å². The van der Waals surface area contributed by atoms with E-state index in [1.165, 1.54) is 0 Å². The van der Waals surface area contributed by atoms with Crippen molar-refractivity contribution in [1.82, 2.24) is 4.90 Å². The molecule has 3 fully saturated rings. The molecule has 1 amide bonds. The first-order valence-electron chi connectivity index (χ1n) is 7.76. The van der Waals surface area contributed by atoms with Crippen LogP contribution >= 0.6 is 0 Å². The molecular formula is C15H25NO4. The van der Waals surface area contributed by atoms with Crippen LogP contribution in [0.3, 0.4) is 0 Å². The third-order valence-electron chi connectivity index (χ3n) is 4.81. The number of aliphatic hydroxyl groups is 1. The molecule has 114 valence electrons. The molecule has 0 spiro atoms. The van der Waals surface area contributed by atoms with E-state index < -0.39 is 11.9 Å². The predicted molar refractivity (Wildman–Crippen MR) is 73.0 cm³/mol. The van der Waals surface area contributed by atoms with Crippen LogP contribution in [0, 0.1) is 5.92 Å². The Morgan fingerprint density at radius 3 is 2.85 bits per heavy atom. The molecule has 5 nitrogen and oxygen atoms in total. The van der Waals surface area contributed by atoms with Crippen molar-refractivity contribution < 1.29 is 19.4 Å². The van der Waals surface area contributed by atoms with Gasteiger partial charge in [-0.3, -0.25) is 4.79 Å². The van der Waals surface area contributed by atoms with E-state index in [1.54, 1.807) is 4.90 Å². The normalized spacial score (nSPS) is 42.7. The van der Waals surface area contributed by atoms with Crippen LogP contribution in [0.2, 0.25) is 0 Å². The lowest BCUT2D eigenvalue weighted by Gasteiger charge is -2.41. The quantitative estimate of drug-likeness (QED) is 0.848. The number of fused-ring (bicyclic) bond motifs is 3. The highest BCUT2D eigenvalue weighted by atomic mass is 16.8. The maximum absolute atomic E-state index is 12.3. The number of unbranched alkanes of at least 4 members (excludes halogenated alkanes) is 1. The van der Waals surface area contributed by atoms with Crippen LogP contribution in [0.5, 0.6) is 0 Å². The minimum atomic E-state index is -0.611. The lowest BCUT2D eigenvalue weighted by Crippen LogP contribution is -2.56. The lowest BCUT2D eigenvalue weighted by molar-refractivity contribution is -0.181. The van der Waals surface area contributed by atoms with Crippen molar-refractivity contribution in [2.75, 3.05) is 6.54 Å². The van der Waals surface area contributed by atoms with Crippen molar-refractivity contribution in [1.29, 1.82) is 0 Å². The first-order valence-corrected chi connectivity index (χ1v) is 7.76. The monoisotopic (exact) mass is 283 g/mol. The summed E-state index contributed by atoms with van der Waals surface area (Å²) in [7, 11) is 0. The zero-order chi connectivity index (χ0) is 14.5. The number of hydrogen-bond donors (Lipinski definition) is 1. The third-order valence-corrected chi connectivity index (χ3v) is 4.81. The molecule has 0 saturated carbocycles. The fourth-order valence-corrected chi connectivity index (χ4v) is 3.91. The number of rotatable bonds is 3. The van der Waals surface area contributed by atoms with E-state index in [0.29, 0.717) is 13.0 Å². The molecule has 0 aromatic carbocycles. The minimum Gasteiger partial charge on any atom is -0.391 e. The summed E-state index contributed by atoms with van der Waals surface area (Å²) < 4.78 is 11.8. The Balaban J connectivity index is 1.77. The van der Waals surface area contributed by atoms with Crippen LogP contribution < -0.4 is 0 Å². The van der Waals surface area contributed by atoms with Gasteiger partial charge in [-0.05, 0) is 26.2 Å². The van der Waals surface area contributed by atoms with Gasteiger partial charge >= 0.3 is 0 Å². The van der Waals surface area contributed by atoms with Gasteiger partial charge in [0.15, 0.2) is 5.79 Å². The van der Waals surface area contributed by atoms with E-state index in [9.17, 15) is 9.90 Å². The van der Waals surface area contributed by atoms with E-state index >= 15 is 0 Å². The fraction of sp³-hybridized carbons (Fsp3) is 0.933. The van der Waals surface area contributed by atoms with Crippen molar-refractivity contribution in [2.24, 2.45) is 5.92 Å². The molecule has 0 radical (unpaired) electrons. The summed E-state index contributed by atoms with van der Waals surface area (Å²) in [4.78, 5) is 14.1. The number of aliphatic hydroxyl groups excluding tert-OH is 1. The van der Waals surface area contributed by atoms with Gasteiger partial charge in [0.2, 0.25) is 5.91 Å². The van der Waals surface area contributed by atoms with Crippen LogP contribution in [0.4, 0.5) is 0 Å². The van der Waals surface area contributed by atoms with Gasteiger partial charge in [0.05, 0.1) is 18.7 Å². The molecule has 20 heavy (non-hydrogen) atoms. The number of piperidine rings is 1. The Morgan fingerprint density at radius 2 is 2.15 bits per heavy atom. The first-order chi connectivity index (χ1) is 9.43. The second-order valence-electron chi connectivity index (χ2n) is 6.77. The summed E-state index contributed by atoms with van der Waals surface area (Å²) in [5, 5.41) is 10.7. The summed E-state index contributed by atoms with van der Waals surface area (Å²) in [6, 6.07) is -0.232. The van der Waals surface area contributed by atoms with E-state index in [0.717, 1.165) is 19.3 Å². The van der Waals surface area contributed by atoms with Crippen molar-refractivity contribution in [3.05, 3.63) is 0 Å². The molecule has 3 heterocycles. The maximum Gasteiger partial charge on any atom is 0.223 e. The van der Waals surface area contributed by atoms with Crippen molar-refractivity contribution >= 4 is 5.91 Å². The Labute approximate surface area is 120 Å². The second-order valence-corrected chi connectivity index (χ2v) is 6.77. The molecule has 0 aromatic heterocycles. The molecule has 1 N–H and O–H groups in total. The molecule has 3 aliphatic rings. The van der Waals surface area contributed by atoms with Gasteiger partial charge in [-0.2, -0.15) is 0 Å². The molecule has 3 rings (SSSR count). The highest BCUT2D eigenvalue weighted by Crippen LogP contribution is 2.42. The van der Waals surface area contributed by atoms with Crippen LogP contribution in [-0.2, 0) is 14.3 Å². The highest BCUT2D eigenvalue weighted by Gasteiger charge is 2.58. The van der Waals surface area contributed by atoms with Gasteiger partial charge < -0.3 is 19.5 Å². The smallest absolute Gasteiger partial charge is 0.223 e. The van der Waals surface area contributed by atoms with Gasteiger partial charge in [0, 0.05) is 6.42 Å². The first kappa shape index (κ1) is 14.3. The molecular weight excluding hydrogens is 258 g/mol. The molecule has 0 unspecified atom stereocenters. The zero-order valence-electron chi connectivity index (χ0n) is 12.5. The van der Waals surface area contributed by atoms with E-state index in [2.05, 4.69) is 6.92 Å². The average molecular weight is 283 g/mol. The average Bonchev–Trinajstić information content (AvgIpc) is 2.84. The van der Waals surface area contributed by atoms with Gasteiger partial charge in [0.25, 0.3) is 0 Å². The number of carbonyl (C=O) groups is 1. The number of nitrogens with zero attached hydrogens (tertiary/aromatic N) is 1. The van der Waals surface area contributed by atoms with Crippen LogP contribution in [0.15, 0.2) is 0 Å². The SMILES string of the molecule is CCCC[C@H]1CC(=O)N2C[C@H]3OC(C)(C)O[C@H]3[C@@H]2[C@H]1O. The number of amides is 1. The summed E-state index contributed by atoms with van der Waals surface area (Å²) in [5.41, 5.74) is 0. The topological polar surface area (TPSA) is 59.0 Å². The van der Waals surface area contributed by atoms with E-state index in [4.69, 9.17) is 9.47 Å². The number of carbonyl (C=O) groups excluding carboxylic acids is 1. The van der Waals surface area contributed by atoms with Crippen molar-refractivity contribution in [3.63, 3.8) is 0 Å². The summed E-state index contributed by atoms with van der Waals surface area (Å²) in [5.74, 6) is -0.406. The van der Waals surface area contributed by atoms with Crippen molar-refractivity contribution in [3.8, 4) is 0 Å².